The molecule has 1 saturated carbocycles. The van der Waals surface area contributed by atoms with Gasteiger partial charge in [-0.25, -0.2) is 0 Å². The molecule has 3 rings (SSSR count). The molecule has 1 saturated heterocycles. The van der Waals surface area contributed by atoms with Crippen LogP contribution in [0, 0.1) is 5.92 Å². The maximum Gasteiger partial charge on any atom is 0.223 e. The third-order valence-corrected chi connectivity index (χ3v) is 4.48. The first kappa shape index (κ1) is 15.6. The van der Waals surface area contributed by atoms with Gasteiger partial charge in [-0.15, -0.1) is 0 Å². The molecule has 1 atom stereocenters. The molecule has 2 heterocycles. The monoisotopic (exact) mass is 306 g/mol. The average Bonchev–Trinajstić information content (AvgIpc) is 3.16. The van der Waals surface area contributed by atoms with Crippen molar-refractivity contribution in [1.82, 2.24) is 9.80 Å². The van der Waals surface area contributed by atoms with Gasteiger partial charge in [0, 0.05) is 32.6 Å². The Morgan fingerprint density at radius 3 is 3.00 bits per heavy atom. The molecular formula is C17H26N2O3. The van der Waals surface area contributed by atoms with E-state index >= 15 is 0 Å². The molecule has 1 aromatic heterocycles. The number of hydrogen-bond acceptors (Lipinski definition) is 4. The highest BCUT2D eigenvalue weighted by atomic mass is 16.5. The summed E-state index contributed by atoms with van der Waals surface area (Å²) in [6.45, 7) is 4.17. The van der Waals surface area contributed by atoms with Gasteiger partial charge in [0.2, 0.25) is 5.91 Å². The van der Waals surface area contributed by atoms with Crippen molar-refractivity contribution in [3.8, 4) is 0 Å². The third kappa shape index (κ3) is 4.58. The Hall–Kier alpha value is -1.33. The van der Waals surface area contributed by atoms with Crippen molar-refractivity contribution in [2.45, 2.75) is 31.8 Å². The van der Waals surface area contributed by atoms with Crippen molar-refractivity contribution in [2.24, 2.45) is 5.92 Å². The third-order valence-electron chi connectivity index (χ3n) is 4.48. The van der Waals surface area contributed by atoms with E-state index < -0.39 is 0 Å². The summed E-state index contributed by atoms with van der Waals surface area (Å²) < 4.78 is 10.9. The Balaban J connectivity index is 1.41. The van der Waals surface area contributed by atoms with Gasteiger partial charge in [-0.3, -0.25) is 4.79 Å². The van der Waals surface area contributed by atoms with Crippen molar-refractivity contribution in [1.29, 1.82) is 0 Å². The first-order chi connectivity index (χ1) is 10.7. The predicted octanol–water partition coefficient (Wildman–Crippen LogP) is 1.78. The van der Waals surface area contributed by atoms with Crippen LogP contribution in [0.3, 0.4) is 0 Å². The number of morpholine rings is 1. The predicted molar refractivity (Wildman–Crippen MR) is 83.6 cm³/mol. The zero-order chi connectivity index (χ0) is 15.4. The van der Waals surface area contributed by atoms with E-state index in [1.165, 1.54) is 12.8 Å². The zero-order valence-electron chi connectivity index (χ0n) is 13.4. The lowest BCUT2D eigenvalue weighted by Crippen LogP contribution is -2.49. The van der Waals surface area contributed by atoms with Gasteiger partial charge in [-0.2, -0.15) is 0 Å². The van der Waals surface area contributed by atoms with Crippen molar-refractivity contribution >= 4 is 5.91 Å². The quantitative estimate of drug-likeness (QED) is 0.770. The molecule has 0 aromatic carbocycles. The highest BCUT2D eigenvalue weighted by molar-refractivity contribution is 5.76. The summed E-state index contributed by atoms with van der Waals surface area (Å²) in [5, 5.41) is 0. The summed E-state index contributed by atoms with van der Waals surface area (Å²) in [5.74, 6) is 1.11. The average molecular weight is 306 g/mol. The van der Waals surface area contributed by atoms with Crippen molar-refractivity contribution < 1.29 is 13.9 Å². The van der Waals surface area contributed by atoms with E-state index in [-0.39, 0.29) is 12.0 Å². The molecule has 0 spiro atoms. The highest BCUT2D eigenvalue weighted by Crippen LogP contribution is 2.29. The minimum absolute atomic E-state index is 0.148. The van der Waals surface area contributed by atoms with Crippen LogP contribution in [0.5, 0.6) is 0 Å². The van der Waals surface area contributed by atoms with E-state index in [0.717, 1.165) is 37.5 Å². The van der Waals surface area contributed by atoms with E-state index in [9.17, 15) is 4.79 Å². The number of amides is 1. The molecule has 5 heteroatoms. The molecule has 1 aromatic rings. The Labute approximate surface area is 132 Å². The number of carbonyl (C=O) groups is 1. The molecular weight excluding hydrogens is 280 g/mol. The van der Waals surface area contributed by atoms with Gasteiger partial charge in [0.05, 0.1) is 25.2 Å². The van der Waals surface area contributed by atoms with Gasteiger partial charge in [-0.05, 0) is 43.9 Å². The minimum Gasteiger partial charge on any atom is -0.472 e. The SMILES string of the molecule is CN(CC1CC1)CC1CN(C(=O)CCc2ccoc2)CCO1. The number of aryl methyl sites for hydroxylation is 1. The maximum atomic E-state index is 12.3. The van der Waals surface area contributed by atoms with Crippen LogP contribution >= 0.6 is 0 Å². The summed E-state index contributed by atoms with van der Waals surface area (Å²) in [6.07, 6.45) is 7.55. The van der Waals surface area contributed by atoms with E-state index in [2.05, 4.69) is 11.9 Å². The van der Waals surface area contributed by atoms with Gasteiger partial charge >= 0.3 is 0 Å². The number of nitrogens with zero attached hydrogens (tertiary/aromatic N) is 2. The molecule has 1 aliphatic carbocycles. The first-order valence-corrected chi connectivity index (χ1v) is 8.29. The molecule has 1 aliphatic heterocycles. The summed E-state index contributed by atoms with van der Waals surface area (Å²) in [7, 11) is 2.15. The van der Waals surface area contributed by atoms with Crippen LogP contribution in [0.2, 0.25) is 0 Å². The smallest absolute Gasteiger partial charge is 0.223 e. The Morgan fingerprint density at radius 1 is 1.41 bits per heavy atom. The molecule has 0 radical (unpaired) electrons. The fourth-order valence-electron chi connectivity index (χ4n) is 3.06. The molecule has 2 aliphatic rings. The second-order valence-electron chi connectivity index (χ2n) is 6.63. The topological polar surface area (TPSA) is 45.9 Å². The molecule has 1 amide bonds. The number of rotatable bonds is 7. The van der Waals surface area contributed by atoms with E-state index in [1.807, 2.05) is 11.0 Å². The molecule has 5 nitrogen and oxygen atoms in total. The lowest BCUT2D eigenvalue weighted by molar-refractivity contribution is -0.139. The van der Waals surface area contributed by atoms with Gasteiger partial charge < -0.3 is 19.0 Å². The highest BCUT2D eigenvalue weighted by Gasteiger charge is 2.27. The van der Waals surface area contributed by atoms with Crippen LogP contribution in [0.1, 0.15) is 24.8 Å². The molecule has 0 N–H and O–H groups in total. The number of likely N-dealkylation sites (N-methyl/N-ethyl adjacent to an activating group) is 1. The lowest BCUT2D eigenvalue weighted by Gasteiger charge is -2.35. The Morgan fingerprint density at radius 2 is 2.27 bits per heavy atom. The number of ether oxygens (including phenoxy) is 1. The number of carbonyl (C=O) groups excluding carboxylic acids is 1. The standard InChI is InChI=1S/C17H26N2O3/c1-18(10-14-2-3-14)11-16-12-19(7-9-22-16)17(20)5-4-15-6-8-21-13-15/h6,8,13-14,16H,2-5,7,9-12H2,1H3. The fourth-order valence-corrected chi connectivity index (χ4v) is 3.06. The van der Waals surface area contributed by atoms with Gasteiger partial charge in [0.1, 0.15) is 0 Å². The lowest BCUT2D eigenvalue weighted by atomic mass is 10.1. The second-order valence-corrected chi connectivity index (χ2v) is 6.63. The summed E-state index contributed by atoms with van der Waals surface area (Å²) in [4.78, 5) is 16.6. The first-order valence-electron chi connectivity index (χ1n) is 8.29. The fraction of sp³-hybridized carbons (Fsp3) is 0.706. The van der Waals surface area contributed by atoms with Gasteiger partial charge in [0.15, 0.2) is 0 Å². The van der Waals surface area contributed by atoms with Gasteiger partial charge in [0.25, 0.3) is 0 Å². The van der Waals surface area contributed by atoms with Crippen molar-refractivity contribution in [3.63, 3.8) is 0 Å². The second kappa shape index (κ2) is 7.29. The van der Waals surface area contributed by atoms with Crippen LogP contribution in [0.25, 0.3) is 0 Å². The normalized spacial score (nSPS) is 22.3. The maximum absolute atomic E-state index is 12.3. The molecule has 122 valence electrons. The summed E-state index contributed by atoms with van der Waals surface area (Å²) >= 11 is 0. The van der Waals surface area contributed by atoms with E-state index in [1.54, 1.807) is 12.5 Å². The molecule has 2 fully saturated rings. The Bertz CT molecular complexity index is 470. The van der Waals surface area contributed by atoms with E-state index in [0.29, 0.717) is 19.6 Å². The molecule has 1 unspecified atom stereocenters. The molecule has 0 bridgehead atoms. The van der Waals surface area contributed by atoms with Crippen LogP contribution in [0.4, 0.5) is 0 Å². The number of hydrogen-bond donors (Lipinski definition) is 0. The van der Waals surface area contributed by atoms with Crippen LogP contribution in [-0.4, -0.2) is 61.6 Å². The summed E-state index contributed by atoms with van der Waals surface area (Å²) in [6, 6.07) is 1.92. The summed E-state index contributed by atoms with van der Waals surface area (Å²) in [5.41, 5.74) is 1.09. The van der Waals surface area contributed by atoms with Crippen molar-refractivity contribution in [3.05, 3.63) is 24.2 Å². The van der Waals surface area contributed by atoms with Crippen LogP contribution < -0.4 is 0 Å². The largest absolute Gasteiger partial charge is 0.472 e. The number of furan rings is 1. The Kier molecular flexibility index (Phi) is 5.16. The zero-order valence-corrected chi connectivity index (χ0v) is 13.4. The van der Waals surface area contributed by atoms with Crippen LogP contribution in [0.15, 0.2) is 23.0 Å². The van der Waals surface area contributed by atoms with E-state index in [4.69, 9.17) is 9.15 Å². The molecule has 22 heavy (non-hydrogen) atoms. The minimum atomic E-state index is 0.148. The van der Waals surface area contributed by atoms with Crippen molar-refractivity contribution in [2.75, 3.05) is 39.8 Å². The van der Waals surface area contributed by atoms with Gasteiger partial charge in [-0.1, -0.05) is 0 Å². The van der Waals surface area contributed by atoms with Crippen LogP contribution in [-0.2, 0) is 16.0 Å².